The molecule has 1 aromatic carbocycles. The van der Waals surface area contributed by atoms with E-state index in [9.17, 15) is 0 Å². The average molecular weight is 199 g/mol. The summed E-state index contributed by atoms with van der Waals surface area (Å²) < 4.78 is 0. The van der Waals surface area contributed by atoms with Gasteiger partial charge in [-0.1, -0.05) is 32.9 Å². The van der Waals surface area contributed by atoms with Crippen LogP contribution >= 0.6 is 0 Å². The zero-order valence-corrected chi connectivity index (χ0v) is 9.83. The molecular formula is C14H17N. The Balaban J connectivity index is 2.76. The zero-order chi connectivity index (χ0) is 11.1. The van der Waals surface area contributed by atoms with Gasteiger partial charge in [-0.2, -0.15) is 0 Å². The van der Waals surface area contributed by atoms with Crippen molar-refractivity contribution in [2.24, 2.45) is 0 Å². The average Bonchev–Trinajstić information content (AvgIpc) is 2.16. The number of aryl methyl sites for hydroxylation is 1. The third-order valence-electron chi connectivity index (χ3n) is 2.86. The van der Waals surface area contributed by atoms with Gasteiger partial charge in [-0.15, -0.1) is 0 Å². The predicted octanol–water partition coefficient (Wildman–Crippen LogP) is 3.84. The van der Waals surface area contributed by atoms with Crippen molar-refractivity contribution in [3.8, 4) is 0 Å². The highest BCUT2D eigenvalue weighted by molar-refractivity contribution is 5.83. The van der Waals surface area contributed by atoms with E-state index in [0.29, 0.717) is 0 Å². The molecule has 0 aliphatic heterocycles. The summed E-state index contributed by atoms with van der Waals surface area (Å²) in [7, 11) is 0. The van der Waals surface area contributed by atoms with Crippen molar-refractivity contribution in [3.05, 3.63) is 41.6 Å². The van der Waals surface area contributed by atoms with E-state index in [1.165, 1.54) is 16.5 Å². The minimum atomic E-state index is 0.202. The molecule has 2 aromatic rings. The second-order valence-electron chi connectivity index (χ2n) is 5.06. The molecule has 0 spiro atoms. The second-order valence-corrected chi connectivity index (χ2v) is 5.06. The standard InChI is InChI=1S/C14H17N/c1-10-11-6-5-9-15-13(11)8-7-12(10)14(2,3)4/h5-9H,1-4H3. The first-order valence-electron chi connectivity index (χ1n) is 5.35. The maximum atomic E-state index is 4.37. The van der Waals surface area contributed by atoms with E-state index in [0.717, 1.165) is 5.52 Å². The number of hydrogen-bond donors (Lipinski definition) is 0. The molecule has 0 radical (unpaired) electrons. The Hall–Kier alpha value is -1.37. The topological polar surface area (TPSA) is 12.9 Å². The van der Waals surface area contributed by atoms with E-state index in [4.69, 9.17) is 0 Å². The van der Waals surface area contributed by atoms with Gasteiger partial charge in [0.2, 0.25) is 0 Å². The summed E-state index contributed by atoms with van der Waals surface area (Å²) in [6.45, 7) is 8.93. The Labute approximate surface area is 91.2 Å². The van der Waals surface area contributed by atoms with Crippen molar-refractivity contribution in [2.45, 2.75) is 33.1 Å². The molecule has 1 heterocycles. The van der Waals surface area contributed by atoms with Crippen LogP contribution in [0.2, 0.25) is 0 Å². The van der Waals surface area contributed by atoms with Crippen molar-refractivity contribution in [1.29, 1.82) is 0 Å². The van der Waals surface area contributed by atoms with Gasteiger partial charge in [0, 0.05) is 11.6 Å². The van der Waals surface area contributed by atoms with E-state index in [-0.39, 0.29) is 5.41 Å². The molecule has 0 saturated heterocycles. The van der Waals surface area contributed by atoms with Gasteiger partial charge in [-0.25, -0.2) is 0 Å². The fourth-order valence-corrected chi connectivity index (χ4v) is 2.11. The van der Waals surface area contributed by atoms with Gasteiger partial charge in [0.1, 0.15) is 0 Å². The van der Waals surface area contributed by atoms with Crippen LogP contribution in [0.4, 0.5) is 0 Å². The highest BCUT2D eigenvalue weighted by Crippen LogP contribution is 2.29. The summed E-state index contributed by atoms with van der Waals surface area (Å²) in [6.07, 6.45) is 1.85. The fraction of sp³-hybridized carbons (Fsp3) is 0.357. The molecule has 0 amide bonds. The third-order valence-corrected chi connectivity index (χ3v) is 2.86. The summed E-state index contributed by atoms with van der Waals surface area (Å²) in [5, 5.41) is 1.27. The molecule has 0 aliphatic carbocycles. The van der Waals surface area contributed by atoms with Crippen LogP contribution in [0.15, 0.2) is 30.5 Å². The van der Waals surface area contributed by atoms with Crippen molar-refractivity contribution >= 4 is 10.9 Å². The first kappa shape index (κ1) is 10.2. The Kier molecular flexibility index (Phi) is 2.26. The zero-order valence-electron chi connectivity index (χ0n) is 9.83. The third kappa shape index (κ3) is 1.74. The minimum absolute atomic E-state index is 0.202. The van der Waals surface area contributed by atoms with Crippen LogP contribution in [0.3, 0.4) is 0 Å². The lowest BCUT2D eigenvalue weighted by Crippen LogP contribution is -2.13. The largest absolute Gasteiger partial charge is 0.256 e. The molecule has 0 saturated carbocycles. The number of fused-ring (bicyclic) bond motifs is 1. The molecule has 0 unspecified atom stereocenters. The molecule has 1 aromatic heterocycles. The van der Waals surface area contributed by atoms with Crippen molar-refractivity contribution in [2.75, 3.05) is 0 Å². The quantitative estimate of drug-likeness (QED) is 0.628. The molecule has 0 aliphatic rings. The van der Waals surface area contributed by atoms with Crippen LogP contribution < -0.4 is 0 Å². The Morgan fingerprint density at radius 3 is 2.47 bits per heavy atom. The van der Waals surface area contributed by atoms with Gasteiger partial charge in [-0.05, 0) is 35.6 Å². The monoisotopic (exact) mass is 199 g/mol. The fourth-order valence-electron chi connectivity index (χ4n) is 2.11. The number of pyridine rings is 1. The first-order chi connectivity index (χ1) is 7.00. The van der Waals surface area contributed by atoms with Crippen LogP contribution in [0.25, 0.3) is 10.9 Å². The van der Waals surface area contributed by atoms with E-state index >= 15 is 0 Å². The SMILES string of the molecule is Cc1c(C(C)(C)C)ccc2ncccc12. The van der Waals surface area contributed by atoms with Crippen molar-refractivity contribution in [3.63, 3.8) is 0 Å². The molecular weight excluding hydrogens is 182 g/mol. The maximum absolute atomic E-state index is 4.37. The summed E-state index contributed by atoms with van der Waals surface area (Å²) in [5.41, 5.74) is 4.05. The molecule has 15 heavy (non-hydrogen) atoms. The van der Waals surface area contributed by atoms with Gasteiger partial charge in [0.05, 0.1) is 5.52 Å². The van der Waals surface area contributed by atoms with Crippen LogP contribution in [0, 0.1) is 6.92 Å². The molecule has 0 bridgehead atoms. The smallest absolute Gasteiger partial charge is 0.0704 e. The normalized spacial score (nSPS) is 12.0. The summed E-state index contributed by atoms with van der Waals surface area (Å²) >= 11 is 0. The predicted molar refractivity (Wildman–Crippen MR) is 65.2 cm³/mol. The number of benzene rings is 1. The van der Waals surface area contributed by atoms with Gasteiger partial charge < -0.3 is 0 Å². The Morgan fingerprint density at radius 1 is 1.07 bits per heavy atom. The summed E-state index contributed by atoms with van der Waals surface area (Å²) in [4.78, 5) is 4.37. The molecule has 78 valence electrons. The Morgan fingerprint density at radius 2 is 1.80 bits per heavy atom. The van der Waals surface area contributed by atoms with Gasteiger partial charge in [-0.3, -0.25) is 4.98 Å². The summed E-state index contributed by atoms with van der Waals surface area (Å²) in [6, 6.07) is 8.46. The van der Waals surface area contributed by atoms with E-state index in [2.05, 4.69) is 50.9 Å². The van der Waals surface area contributed by atoms with E-state index in [1.807, 2.05) is 12.3 Å². The maximum Gasteiger partial charge on any atom is 0.0704 e. The van der Waals surface area contributed by atoms with Gasteiger partial charge in [0.25, 0.3) is 0 Å². The molecule has 0 atom stereocenters. The van der Waals surface area contributed by atoms with Gasteiger partial charge >= 0.3 is 0 Å². The lowest BCUT2D eigenvalue weighted by molar-refractivity contribution is 0.587. The van der Waals surface area contributed by atoms with Crippen molar-refractivity contribution < 1.29 is 0 Å². The molecule has 0 fully saturated rings. The lowest BCUT2D eigenvalue weighted by atomic mass is 9.83. The minimum Gasteiger partial charge on any atom is -0.256 e. The number of hydrogen-bond acceptors (Lipinski definition) is 1. The first-order valence-corrected chi connectivity index (χ1v) is 5.35. The highest BCUT2D eigenvalue weighted by atomic mass is 14.6. The molecule has 0 N–H and O–H groups in total. The molecule has 2 rings (SSSR count). The highest BCUT2D eigenvalue weighted by Gasteiger charge is 2.17. The van der Waals surface area contributed by atoms with E-state index < -0.39 is 0 Å². The van der Waals surface area contributed by atoms with Crippen LogP contribution in [-0.2, 0) is 5.41 Å². The Bertz CT molecular complexity index is 492. The number of aromatic nitrogens is 1. The summed E-state index contributed by atoms with van der Waals surface area (Å²) in [5.74, 6) is 0. The molecule has 1 heteroatoms. The lowest BCUT2D eigenvalue weighted by Gasteiger charge is -2.22. The molecule has 1 nitrogen and oxygen atoms in total. The van der Waals surface area contributed by atoms with Crippen molar-refractivity contribution in [1.82, 2.24) is 4.98 Å². The van der Waals surface area contributed by atoms with E-state index in [1.54, 1.807) is 0 Å². The van der Waals surface area contributed by atoms with Crippen LogP contribution in [0.5, 0.6) is 0 Å². The number of nitrogens with zero attached hydrogens (tertiary/aromatic N) is 1. The van der Waals surface area contributed by atoms with Crippen LogP contribution in [-0.4, -0.2) is 4.98 Å². The number of rotatable bonds is 0. The van der Waals surface area contributed by atoms with Crippen LogP contribution in [0.1, 0.15) is 31.9 Å². The van der Waals surface area contributed by atoms with Gasteiger partial charge in [0.15, 0.2) is 0 Å². The second kappa shape index (κ2) is 3.34.